The van der Waals surface area contributed by atoms with Gasteiger partial charge in [0.1, 0.15) is 17.7 Å². The summed E-state index contributed by atoms with van der Waals surface area (Å²) in [7, 11) is -3.15. The molecule has 0 aromatic heterocycles. The molecule has 3 saturated heterocycles. The normalized spacial score (nSPS) is 36.4. The second kappa shape index (κ2) is 7.23. The standard InChI is InChI=1S/C20H27F2N3O3S/c21-13-1-4-17(22)16(7-13)20-18(23)8-14(11-28-20)25-6-5-12-9-24(10-19(12)25)29(26,27)15-2-3-15/h1,4,7,12,14-15,18-20H,2-3,5-6,8-11,23H2/t12?,14-,18+,19?,20-/m1/s1. The fraction of sp³-hybridized carbons (Fsp3) is 0.700. The number of ether oxygens (including phenoxy) is 1. The van der Waals surface area contributed by atoms with Gasteiger partial charge < -0.3 is 10.5 Å². The van der Waals surface area contributed by atoms with Gasteiger partial charge in [-0.2, -0.15) is 4.31 Å². The van der Waals surface area contributed by atoms with Crippen molar-refractivity contribution in [3.05, 3.63) is 35.4 Å². The molecule has 29 heavy (non-hydrogen) atoms. The molecule has 0 spiro atoms. The second-order valence-electron chi connectivity index (χ2n) is 8.89. The maximum absolute atomic E-state index is 14.2. The van der Waals surface area contributed by atoms with E-state index >= 15 is 0 Å². The summed E-state index contributed by atoms with van der Waals surface area (Å²) in [4.78, 5) is 2.34. The third-order valence-corrected chi connectivity index (χ3v) is 9.33. The summed E-state index contributed by atoms with van der Waals surface area (Å²) in [6.07, 6.45) is 2.46. The van der Waals surface area contributed by atoms with E-state index in [4.69, 9.17) is 10.5 Å². The van der Waals surface area contributed by atoms with Crippen LogP contribution in [-0.4, -0.2) is 67.2 Å². The third-order valence-electron chi connectivity index (χ3n) is 7.00. The van der Waals surface area contributed by atoms with Crippen LogP contribution < -0.4 is 5.73 Å². The summed E-state index contributed by atoms with van der Waals surface area (Å²) in [5.41, 5.74) is 6.49. The van der Waals surface area contributed by atoms with Gasteiger partial charge in [0.25, 0.3) is 0 Å². The van der Waals surface area contributed by atoms with Crippen molar-refractivity contribution in [1.29, 1.82) is 0 Å². The lowest BCUT2D eigenvalue weighted by Crippen LogP contribution is -2.52. The Labute approximate surface area is 170 Å². The minimum Gasteiger partial charge on any atom is -0.370 e. The van der Waals surface area contributed by atoms with Crippen LogP contribution in [0.5, 0.6) is 0 Å². The number of hydrogen-bond acceptors (Lipinski definition) is 5. The Morgan fingerprint density at radius 1 is 1.14 bits per heavy atom. The van der Waals surface area contributed by atoms with E-state index in [-0.39, 0.29) is 22.9 Å². The minimum atomic E-state index is -3.15. The van der Waals surface area contributed by atoms with E-state index in [1.165, 1.54) is 0 Å². The van der Waals surface area contributed by atoms with Gasteiger partial charge in [0, 0.05) is 36.8 Å². The van der Waals surface area contributed by atoms with E-state index in [1.807, 2.05) is 0 Å². The average Bonchev–Trinajstić information content (AvgIpc) is 3.34. The summed E-state index contributed by atoms with van der Waals surface area (Å²) in [5, 5.41) is -0.178. The summed E-state index contributed by atoms with van der Waals surface area (Å²) < 4.78 is 60.6. The maximum atomic E-state index is 14.2. The van der Waals surface area contributed by atoms with Gasteiger partial charge in [-0.15, -0.1) is 0 Å². The van der Waals surface area contributed by atoms with Gasteiger partial charge in [0.05, 0.1) is 11.9 Å². The van der Waals surface area contributed by atoms with E-state index in [0.717, 1.165) is 44.0 Å². The van der Waals surface area contributed by atoms with Crippen LogP contribution in [0, 0.1) is 17.6 Å². The van der Waals surface area contributed by atoms with Crippen molar-refractivity contribution in [1.82, 2.24) is 9.21 Å². The number of halogens is 2. The first kappa shape index (κ1) is 19.8. The summed E-state index contributed by atoms with van der Waals surface area (Å²) in [5.74, 6) is -0.675. The molecule has 6 nitrogen and oxygen atoms in total. The smallest absolute Gasteiger partial charge is 0.217 e. The van der Waals surface area contributed by atoms with Gasteiger partial charge in [-0.25, -0.2) is 17.2 Å². The molecule has 9 heteroatoms. The number of benzene rings is 1. The second-order valence-corrected chi connectivity index (χ2v) is 11.1. The van der Waals surface area contributed by atoms with Crippen molar-refractivity contribution in [2.45, 2.75) is 55.2 Å². The van der Waals surface area contributed by atoms with E-state index in [1.54, 1.807) is 4.31 Å². The molecule has 1 aliphatic carbocycles. The van der Waals surface area contributed by atoms with Crippen molar-refractivity contribution >= 4 is 10.0 Å². The molecular formula is C20H27F2N3O3S. The molecule has 1 aromatic rings. The van der Waals surface area contributed by atoms with Gasteiger partial charge in [-0.05, 0) is 56.3 Å². The Morgan fingerprint density at radius 3 is 2.66 bits per heavy atom. The average molecular weight is 428 g/mol. The molecule has 0 bridgehead atoms. The van der Waals surface area contributed by atoms with Gasteiger partial charge >= 0.3 is 0 Å². The first-order valence-electron chi connectivity index (χ1n) is 10.4. The highest BCUT2D eigenvalue weighted by Gasteiger charge is 2.51. The van der Waals surface area contributed by atoms with Crippen molar-refractivity contribution in [3.63, 3.8) is 0 Å². The van der Waals surface area contributed by atoms with Crippen LogP contribution >= 0.6 is 0 Å². The minimum absolute atomic E-state index is 0.0662. The zero-order valence-electron chi connectivity index (χ0n) is 16.2. The molecule has 1 aromatic carbocycles. The van der Waals surface area contributed by atoms with Crippen LogP contribution in [0.2, 0.25) is 0 Å². The number of nitrogens with zero attached hydrogens (tertiary/aromatic N) is 2. The van der Waals surface area contributed by atoms with Crippen LogP contribution in [0.15, 0.2) is 18.2 Å². The van der Waals surface area contributed by atoms with E-state index < -0.39 is 33.8 Å². The highest BCUT2D eigenvalue weighted by molar-refractivity contribution is 7.90. The quantitative estimate of drug-likeness (QED) is 0.790. The lowest BCUT2D eigenvalue weighted by molar-refractivity contribution is -0.0547. The molecule has 5 atom stereocenters. The number of likely N-dealkylation sites (tertiary alicyclic amines) is 1. The molecule has 3 heterocycles. The molecule has 4 fully saturated rings. The maximum Gasteiger partial charge on any atom is 0.217 e. The highest BCUT2D eigenvalue weighted by atomic mass is 32.2. The van der Waals surface area contributed by atoms with Crippen LogP contribution in [0.3, 0.4) is 0 Å². The van der Waals surface area contributed by atoms with Crippen molar-refractivity contribution in [3.8, 4) is 0 Å². The van der Waals surface area contributed by atoms with Crippen molar-refractivity contribution in [2.75, 3.05) is 26.2 Å². The molecule has 1 saturated carbocycles. The van der Waals surface area contributed by atoms with Gasteiger partial charge in [0.2, 0.25) is 10.0 Å². The zero-order chi connectivity index (χ0) is 20.3. The number of nitrogens with two attached hydrogens (primary N) is 1. The molecule has 0 radical (unpaired) electrons. The fourth-order valence-electron chi connectivity index (χ4n) is 5.32. The lowest BCUT2D eigenvalue weighted by atomic mass is 9.92. The summed E-state index contributed by atoms with van der Waals surface area (Å²) >= 11 is 0. The topological polar surface area (TPSA) is 75.9 Å². The van der Waals surface area contributed by atoms with Gasteiger partial charge in [-0.1, -0.05) is 0 Å². The Hall–Kier alpha value is -1.13. The summed E-state index contributed by atoms with van der Waals surface area (Å²) in [6.45, 7) is 2.42. The van der Waals surface area contributed by atoms with Crippen LogP contribution in [0.1, 0.15) is 37.4 Å². The first-order valence-corrected chi connectivity index (χ1v) is 11.9. The van der Waals surface area contributed by atoms with Crippen LogP contribution in [0.25, 0.3) is 0 Å². The summed E-state index contributed by atoms with van der Waals surface area (Å²) in [6, 6.07) is 3.15. The first-order chi connectivity index (χ1) is 13.8. The van der Waals surface area contributed by atoms with E-state index in [9.17, 15) is 17.2 Å². The highest BCUT2D eigenvalue weighted by Crippen LogP contribution is 2.40. The molecular weight excluding hydrogens is 400 g/mol. The fourth-order valence-corrected chi connectivity index (χ4v) is 7.23. The number of sulfonamides is 1. The number of rotatable bonds is 4. The molecule has 160 valence electrons. The van der Waals surface area contributed by atoms with E-state index in [2.05, 4.69) is 4.90 Å². The largest absolute Gasteiger partial charge is 0.370 e. The Kier molecular flexibility index (Phi) is 4.94. The molecule has 5 rings (SSSR count). The van der Waals surface area contributed by atoms with Gasteiger partial charge in [-0.3, -0.25) is 4.90 Å². The van der Waals surface area contributed by atoms with Crippen molar-refractivity contribution < 1.29 is 21.9 Å². The Bertz CT molecular complexity index is 895. The molecule has 0 amide bonds. The SMILES string of the molecule is N[C@H]1C[C@@H](N2CCC3CN(S(=O)(=O)C4CC4)CC32)CO[C@@H]1c1cc(F)ccc1F. The Morgan fingerprint density at radius 2 is 1.93 bits per heavy atom. The Balaban J connectivity index is 1.27. The predicted octanol–water partition coefficient (Wildman–Crippen LogP) is 1.62. The molecule has 4 aliphatic rings. The van der Waals surface area contributed by atoms with E-state index in [0.29, 0.717) is 32.0 Å². The lowest BCUT2D eigenvalue weighted by Gasteiger charge is -2.41. The number of hydrogen-bond donors (Lipinski definition) is 1. The van der Waals surface area contributed by atoms with Crippen LogP contribution in [-0.2, 0) is 14.8 Å². The number of fused-ring (bicyclic) bond motifs is 1. The third kappa shape index (κ3) is 3.50. The van der Waals surface area contributed by atoms with Gasteiger partial charge in [0.15, 0.2) is 0 Å². The molecule has 3 aliphatic heterocycles. The predicted molar refractivity (Wildman–Crippen MR) is 104 cm³/mol. The molecule has 2 N–H and O–H groups in total. The monoisotopic (exact) mass is 427 g/mol. The molecule has 2 unspecified atom stereocenters. The zero-order valence-corrected chi connectivity index (χ0v) is 17.0. The van der Waals surface area contributed by atoms with Crippen molar-refractivity contribution in [2.24, 2.45) is 11.7 Å². The van der Waals surface area contributed by atoms with Crippen LogP contribution in [0.4, 0.5) is 8.78 Å².